The molecule has 0 bridgehead atoms. The van der Waals surface area contributed by atoms with E-state index in [1.54, 1.807) is 30.3 Å². The molecule has 4 rings (SSSR count). The molecule has 30 heavy (non-hydrogen) atoms. The molecule has 0 atom stereocenters. The summed E-state index contributed by atoms with van der Waals surface area (Å²) in [5, 5.41) is 8.42. The van der Waals surface area contributed by atoms with Gasteiger partial charge in [0.15, 0.2) is 11.5 Å². The second-order valence-electron chi connectivity index (χ2n) is 6.53. The van der Waals surface area contributed by atoms with Crippen molar-refractivity contribution in [1.29, 1.82) is 0 Å². The number of aryl methyl sites for hydroxylation is 1. The molecule has 0 radical (unpaired) electrons. The predicted octanol–water partition coefficient (Wildman–Crippen LogP) is 3.76. The third kappa shape index (κ3) is 4.66. The van der Waals surface area contributed by atoms with Crippen LogP contribution in [0, 0.1) is 6.92 Å². The number of hydrogen-bond acceptors (Lipinski definition) is 6. The summed E-state index contributed by atoms with van der Waals surface area (Å²) in [5.41, 5.74) is 2.42. The van der Waals surface area contributed by atoms with Gasteiger partial charge in [-0.15, -0.1) is 11.3 Å². The maximum absolute atomic E-state index is 12.7. The largest absolute Gasteiger partial charge is 0.454 e. The van der Waals surface area contributed by atoms with Crippen molar-refractivity contribution in [2.45, 2.75) is 13.5 Å². The van der Waals surface area contributed by atoms with E-state index in [2.05, 4.69) is 15.6 Å². The van der Waals surface area contributed by atoms with Crippen molar-refractivity contribution in [3.05, 3.63) is 75.7 Å². The monoisotopic (exact) mass is 421 g/mol. The third-order valence-electron chi connectivity index (χ3n) is 4.36. The van der Waals surface area contributed by atoms with E-state index < -0.39 is 0 Å². The number of hydrogen-bond donors (Lipinski definition) is 2. The Morgan fingerprint density at radius 1 is 1.17 bits per heavy atom. The number of para-hydroxylation sites is 1. The first kappa shape index (κ1) is 19.7. The van der Waals surface area contributed by atoms with Gasteiger partial charge in [-0.25, -0.2) is 4.98 Å². The Morgan fingerprint density at radius 3 is 2.83 bits per heavy atom. The number of nitrogens with zero attached hydrogens (tertiary/aromatic N) is 1. The number of fused-ring (bicyclic) bond motifs is 1. The molecule has 1 aliphatic rings. The molecule has 7 nitrogen and oxygen atoms in total. The summed E-state index contributed by atoms with van der Waals surface area (Å²) in [6.07, 6.45) is 3.04. The van der Waals surface area contributed by atoms with Crippen LogP contribution in [0.1, 0.15) is 26.6 Å². The fourth-order valence-electron chi connectivity index (χ4n) is 2.91. The van der Waals surface area contributed by atoms with Crippen LogP contribution in [0.4, 0.5) is 5.69 Å². The van der Waals surface area contributed by atoms with E-state index >= 15 is 0 Å². The topological polar surface area (TPSA) is 89.6 Å². The van der Waals surface area contributed by atoms with Gasteiger partial charge >= 0.3 is 0 Å². The van der Waals surface area contributed by atoms with Crippen LogP contribution in [0.25, 0.3) is 6.08 Å². The zero-order valence-electron chi connectivity index (χ0n) is 16.2. The summed E-state index contributed by atoms with van der Waals surface area (Å²) >= 11 is 1.51. The lowest BCUT2D eigenvalue weighted by Gasteiger charge is -2.11. The summed E-state index contributed by atoms with van der Waals surface area (Å²) in [4.78, 5) is 29.2. The van der Waals surface area contributed by atoms with Crippen LogP contribution in [0.2, 0.25) is 0 Å². The van der Waals surface area contributed by atoms with Gasteiger partial charge in [-0.3, -0.25) is 9.59 Å². The maximum Gasteiger partial charge on any atom is 0.253 e. The molecule has 2 heterocycles. The number of carbonyl (C=O) groups excluding carboxylic acids is 2. The van der Waals surface area contributed by atoms with Crippen LogP contribution in [0.5, 0.6) is 11.5 Å². The lowest BCUT2D eigenvalue weighted by molar-refractivity contribution is -0.111. The fourth-order valence-corrected chi connectivity index (χ4v) is 3.49. The van der Waals surface area contributed by atoms with Gasteiger partial charge in [0, 0.05) is 18.0 Å². The Hall–Kier alpha value is -3.65. The van der Waals surface area contributed by atoms with Crippen molar-refractivity contribution in [3.63, 3.8) is 0 Å². The average Bonchev–Trinajstić information content (AvgIpc) is 3.39. The van der Waals surface area contributed by atoms with Crippen molar-refractivity contribution in [3.8, 4) is 11.5 Å². The van der Waals surface area contributed by atoms with Crippen LogP contribution >= 0.6 is 11.3 Å². The molecule has 1 aromatic heterocycles. The van der Waals surface area contributed by atoms with Gasteiger partial charge in [-0.05, 0) is 42.8 Å². The van der Waals surface area contributed by atoms with Gasteiger partial charge in [0.1, 0.15) is 0 Å². The normalized spacial score (nSPS) is 12.2. The van der Waals surface area contributed by atoms with E-state index in [0.717, 1.165) is 16.3 Å². The number of aromatic nitrogens is 1. The zero-order valence-corrected chi connectivity index (χ0v) is 17.0. The van der Waals surface area contributed by atoms with Crippen LogP contribution in [-0.2, 0) is 11.3 Å². The molecule has 1 aliphatic heterocycles. The number of carbonyl (C=O) groups is 2. The number of benzene rings is 2. The Labute approximate surface area is 177 Å². The molecule has 2 aromatic carbocycles. The second kappa shape index (κ2) is 8.79. The Morgan fingerprint density at radius 2 is 2.00 bits per heavy atom. The van der Waals surface area contributed by atoms with E-state index in [1.807, 2.05) is 30.5 Å². The van der Waals surface area contributed by atoms with Crippen molar-refractivity contribution >= 4 is 34.9 Å². The molecular formula is C22H19N3O4S. The number of amides is 2. The molecule has 2 amide bonds. The molecule has 0 saturated carbocycles. The lowest BCUT2D eigenvalue weighted by atomic mass is 10.1. The maximum atomic E-state index is 12.7. The molecule has 8 heteroatoms. The number of nitrogens with one attached hydrogen (secondary N) is 2. The SMILES string of the molecule is Cc1nc(C=CC(=O)Nc2ccccc2C(=O)NCc2ccc3c(c2)OCO3)cs1. The van der Waals surface area contributed by atoms with Gasteiger partial charge in [0.2, 0.25) is 12.7 Å². The van der Waals surface area contributed by atoms with E-state index in [1.165, 1.54) is 17.4 Å². The number of ether oxygens (including phenoxy) is 2. The molecule has 152 valence electrons. The van der Waals surface area contributed by atoms with Crippen LogP contribution in [0.15, 0.2) is 53.9 Å². The first-order valence-electron chi connectivity index (χ1n) is 9.25. The van der Waals surface area contributed by atoms with Gasteiger partial charge in [-0.1, -0.05) is 18.2 Å². The molecule has 0 spiro atoms. The highest BCUT2D eigenvalue weighted by molar-refractivity contribution is 7.09. The summed E-state index contributed by atoms with van der Waals surface area (Å²) in [7, 11) is 0. The van der Waals surface area contributed by atoms with E-state index in [-0.39, 0.29) is 18.6 Å². The van der Waals surface area contributed by atoms with Gasteiger partial charge in [0.05, 0.1) is 22.0 Å². The highest BCUT2D eigenvalue weighted by Crippen LogP contribution is 2.32. The summed E-state index contributed by atoms with van der Waals surface area (Å²) < 4.78 is 10.6. The van der Waals surface area contributed by atoms with E-state index in [0.29, 0.717) is 29.3 Å². The molecule has 2 N–H and O–H groups in total. The van der Waals surface area contributed by atoms with Crippen molar-refractivity contribution in [2.24, 2.45) is 0 Å². The number of thiazole rings is 1. The third-order valence-corrected chi connectivity index (χ3v) is 5.15. The minimum Gasteiger partial charge on any atom is -0.454 e. The standard InChI is InChI=1S/C22H19N3O4S/c1-14-24-16(12-30-14)7-9-21(26)25-18-5-3-2-4-17(18)22(27)23-11-15-6-8-19-20(10-15)29-13-28-19/h2-10,12H,11,13H2,1H3,(H,23,27)(H,25,26). The van der Waals surface area contributed by atoms with E-state index in [9.17, 15) is 9.59 Å². The fraction of sp³-hybridized carbons (Fsp3) is 0.136. The minimum atomic E-state index is -0.336. The van der Waals surface area contributed by atoms with Crippen LogP contribution in [0.3, 0.4) is 0 Å². The van der Waals surface area contributed by atoms with Crippen molar-refractivity contribution in [2.75, 3.05) is 12.1 Å². The predicted molar refractivity (Wildman–Crippen MR) is 115 cm³/mol. The molecule has 0 saturated heterocycles. The first-order chi connectivity index (χ1) is 14.6. The Balaban J connectivity index is 1.40. The highest BCUT2D eigenvalue weighted by Gasteiger charge is 2.15. The average molecular weight is 421 g/mol. The number of rotatable bonds is 6. The minimum absolute atomic E-state index is 0.203. The summed E-state index contributed by atoms with van der Waals surface area (Å²) in [5.74, 6) is 0.731. The van der Waals surface area contributed by atoms with Crippen LogP contribution < -0.4 is 20.1 Å². The molecule has 0 unspecified atom stereocenters. The van der Waals surface area contributed by atoms with Crippen molar-refractivity contribution in [1.82, 2.24) is 10.3 Å². The quantitative estimate of drug-likeness (QED) is 0.592. The lowest BCUT2D eigenvalue weighted by Crippen LogP contribution is -2.24. The second-order valence-corrected chi connectivity index (χ2v) is 7.59. The van der Waals surface area contributed by atoms with Gasteiger partial charge < -0.3 is 20.1 Å². The first-order valence-corrected chi connectivity index (χ1v) is 10.1. The van der Waals surface area contributed by atoms with Gasteiger partial charge in [-0.2, -0.15) is 0 Å². The molecule has 3 aromatic rings. The molecule has 0 fully saturated rings. The molecule has 0 aliphatic carbocycles. The number of anilines is 1. The van der Waals surface area contributed by atoms with Crippen molar-refractivity contribution < 1.29 is 19.1 Å². The Bertz CT molecular complexity index is 1120. The summed E-state index contributed by atoms with van der Waals surface area (Å²) in [6, 6.07) is 12.4. The van der Waals surface area contributed by atoms with Crippen LogP contribution in [-0.4, -0.2) is 23.6 Å². The van der Waals surface area contributed by atoms with Gasteiger partial charge in [0.25, 0.3) is 5.91 Å². The summed E-state index contributed by atoms with van der Waals surface area (Å²) in [6.45, 7) is 2.43. The highest BCUT2D eigenvalue weighted by atomic mass is 32.1. The zero-order chi connectivity index (χ0) is 20.9. The Kier molecular flexibility index (Phi) is 5.76. The smallest absolute Gasteiger partial charge is 0.253 e. The van der Waals surface area contributed by atoms with E-state index in [4.69, 9.17) is 9.47 Å². The molecular weight excluding hydrogens is 402 g/mol.